The molecule has 0 saturated carbocycles. The summed E-state index contributed by atoms with van der Waals surface area (Å²) in [7, 11) is 0. The molecule has 1 N–H and O–H groups in total. The van der Waals surface area contributed by atoms with E-state index in [0.29, 0.717) is 12.3 Å². The summed E-state index contributed by atoms with van der Waals surface area (Å²) in [6.07, 6.45) is 5.56. The number of nitrogens with one attached hydrogen (secondary N) is 1. The molecule has 0 bridgehead atoms. The van der Waals surface area contributed by atoms with Crippen LogP contribution in [0.2, 0.25) is 0 Å². The summed E-state index contributed by atoms with van der Waals surface area (Å²) >= 11 is 0. The predicted octanol–water partition coefficient (Wildman–Crippen LogP) is 1.95. The molecule has 0 radical (unpaired) electrons. The molecule has 0 spiro atoms. The average molecular weight is 330 g/mol. The Hall–Kier alpha value is -2.18. The van der Waals surface area contributed by atoms with Gasteiger partial charge in [-0.2, -0.15) is 14.6 Å². The maximum absolute atomic E-state index is 12.6. The van der Waals surface area contributed by atoms with E-state index in [1.807, 2.05) is 13.0 Å². The zero-order valence-corrected chi connectivity index (χ0v) is 14.7. The highest BCUT2D eigenvalue weighted by Crippen LogP contribution is 2.24. The molecule has 7 nitrogen and oxygen atoms in total. The van der Waals surface area contributed by atoms with Crippen LogP contribution in [-0.2, 0) is 4.79 Å². The molecule has 2 aromatic rings. The van der Waals surface area contributed by atoms with Crippen molar-refractivity contribution in [3.8, 4) is 0 Å². The quantitative estimate of drug-likeness (QED) is 0.907. The van der Waals surface area contributed by atoms with E-state index in [-0.39, 0.29) is 17.9 Å². The molecule has 0 aliphatic carbocycles. The van der Waals surface area contributed by atoms with Crippen LogP contribution in [0.15, 0.2) is 12.4 Å². The minimum absolute atomic E-state index is 0.0186. The smallest absolute Gasteiger partial charge is 0.254 e. The van der Waals surface area contributed by atoms with Crippen molar-refractivity contribution in [3.63, 3.8) is 0 Å². The lowest BCUT2D eigenvalue weighted by Crippen LogP contribution is -2.45. The lowest BCUT2D eigenvalue weighted by Gasteiger charge is -2.34. The number of hydrogen-bond donors (Lipinski definition) is 1. The third-order valence-electron chi connectivity index (χ3n) is 4.59. The fourth-order valence-corrected chi connectivity index (χ4v) is 3.40. The zero-order chi connectivity index (χ0) is 17.1. The summed E-state index contributed by atoms with van der Waals surface area (Å²) in [4.78, 5) is 23.4. The van der Waals surface area contributed by atoms with E-state index >= 15 is 0 Å². The number of fused-ring (bicyclic) bond motifs is 1. The third kappa shape index (κ3) is 3.49. The highest BCUT2D eigenvalue weighted by molar-refractivity contribution is 5.79. The van der Waals surface area contributed by atoms with Gasteiger partial charge in [0.2, 0.25) is 5.91 Å². The second-order valence-corrected chi connectivity index (χ2v) is 6.71. The molecule has 1 aliphatic heterocycles. The number of carbonyl (C=O) groups is 1. The van der Waals surface area contributed by atoms with E-state index in [1.54, 1.807) is 4.52 Å². The Morgan fingerprint density at radius 2 is 2.33 bits per heavy atom. The SMILES string of the molecule is CCC[C@H](C)NC(=O)[C@@H]1CCCN(c2cc(C)nc3ncnn23)C1. The van der Waals surface area contributed by atoms with E-state index in [0.717, 1.165) is 43.7 Å². The van der Waals surface area contributed by atoms with Gasteiger partial charge in [0, 0.05) is 30.9 Å². The van der Waals surface area contributed by atoms with E-state index in [4.69, 9.17) is 0 Å². The first-order chi connectivity index (χ1) is 11.6. The summed E-state index contributed by atoms with van der Waals surface area (Å²) in [5.41, 5.74) is 0.911. The first-order valence-electron chi connectivity index (χ1n) is 8.81. The van der Waals surface area contributed by atoms with Gasteiger partial charge in [0.15, 0.2) is 0 Å². The van der Waals surface area contributed by atoms with Gasteiger partial charge in [-0.1, -0.05) is 13.3 Å². The lowest BCUT2D eigenvalue weighted by atomic mass is 9.96. The number of hydrogen-bond acceptors (Lipinski definition) is 5. The van der Waals surface area contributed by atoms with Gasteiger partial charge >= 0.3 is 0 Å². The Labute approximate surface area is 142 Å². The molecule has 24 heavy (non-hydrogen) atoms. The Morgan fingerprint density at radius 1 is 1.50 bits per heavy atom. The van der Waals surface area contributed by atoms with Crippen LogP contribution in [0, 0.1) is 12.8 Å². The molecule has 0 aromatic carbocycles. The Balaban J connectivity index is 1.75. The average Bonchev–Trinajstić information content (AvgIpc) is 3.02. The molecule has 130 valence electrons. The van der Waals surface area contributed by atoms with Crippen molar-refractivity contribution in [3.05, 3.63) is 18.1 Å². The maximum atomic E-state index is 12.6. The van der Waals surface area contributed by atoms with Crippen molar-refractivity contribution in [1.82, 2.24) is 24.9 Å². The number of nitrogens with zero attached hydrogens (tertiary/aromatic N) is 5. The van der Waals surface area contributed by atoms with Gasteiger partial charge in [-0.25, -0.2) is 4.98 Å². The van der Waals surface area contributed by atoms with Crippen molar-refractivity contribution >= 4 is 17.5 Å². The highest BCUT2D eigenvalue weighted by atomic mass is 16.2. The third-order valence-corrected chi connectivity index (χ3v) is 4.59. The molecule has 2 aromatic heterocycles. The monoisotopic (exact) mass is 330 g/mol. The molecule has 1 aliphatic rings. The number of anilines is 1. The van der Waals surface area contributed by atoms with E-state index in [2.05, 4.69) is 39.1 Å². The summed E-state index contributed by atoms with van der Waals surface area (Å²) < 4.78 is 1.76. The van der Waals surface area contributed by atoms with Gasteiger partial charge < -0.3 is 10.2 Å². The predicted molar refractivity (Wildman–Crippen MR) is 93.0 cm³/mol. The molecule has 1 saturated heterocycles. The molecule has 0 unspecified atom stereocenters. The number of rotatable bonds is 5. The largest absolute Gasteiger partial charge is 0.356 e. The summed E-state index contributed by atoms with van der Waals surface area (Å²) in [6.45, 7) is 7.81. The van der Waals surface area contributed by atoms with E-state index in [1.165, 1.54) is 6.33 Å². The molecule has 1 fully saturated rings. The Kier molecular flexibility index (Phi) is 4.97. The van der Waals surface area contributed by atoms with Gasteiger partial charge in [-0.05, 0) is 33.1 Å². The molecule has 2 atom stereocenters. The van der Waals surface area contributed by atoms with Crippen molar-refractivity contribution in [2.24, 2.45) is 5.92 Å². The standard InChI is InChI=1S/C17H26N6O/c1-4-6-12(2)20-16(24)14-7-5-8-22(10-14)15-9-13(3)21-17-18-11-19-23(15)17/h9,11-12,14H,4-8,10H2,1-3H3,(H,20,24)/t12-,14+/m0/s1. The number of amides is 1. The molecule has 3 heterocycles. The first-order valence-corrected chi connectivity index (χ1v) is 8.81. The molecule has 3 rings (SSSR count). The second-order valence-electron chi connectivity index (χ2n) is 6.71. The Morgan fingerprint density at radius 3 is 3.12 bits per heavy atom. The van der Waals surface area contributed by atoms with Crippen LogP contribution in [0.3, 0.4) is 0 Å². The van der Waals surface area contributed by atoms with Crippen LogP contribution < -0.4 is 10.2 Å². The van der Waals surface area contributed by atoms with Gasteiger partial charge in [-0.15, -0.1) is 0 Å². The van der Waals surface area contributed by atoms with Gasteiger partial charge in [0.25, 0.3) is 5.78 Å². The first kappa shape index (κ1) is 16.7. The van der Waals surface area contributed by atoms with Crippen molar-refractivity contribution in [2.75, 3.05) is 18.0 Å². The topological polar surface area (TPSA) is 75.4 Å². The van der Waals surface area contributed by atoms with E-state index in [9.17, 15) is 4.79 Å². The minimum atomic E-state index is 0.0186. The maximum Gasteiger partial charge on any atom is 0.254 e. The number of aryl methyl sites for hydroxylation is 1. The number of carbonyl (C=O) groups excluding carboxylic acids is 1. The van der Waals surface area contributed by atoms with Gasteiger partial charge in [-0.3, -0.25) is 4.79 Å². The summed E-state index contributed by atoms with van der Waals surface area (Å²) in [6, 6.07) is 2.25. The lowest BCUT2D eigenvalue weighted by molar-refractivity contribution is -0.125. The molecular weight excluding hydrogens is 304 g/mol. The van der Waals surface area contributed by atoms with Crippen molar-refractivity contribution < 1.29 is 4.79 Å². The van der Waals surface area contributed by atoms with Crippen LogP contribution >= 0.6 is 0 Å². The van der Waals surface area contributed by atoms with Crippen molar-refractivity contribution in [2.45, 2.75) is 52.5 Å². The van der Waals surface area contributed by atoms with Gasteiger partial charge in [0.1, 0.15) is 12.1 Å². The van der Waals surface area contributed by atoms with Crippen molar-refractivity contribution in [1.29, 1.82) is 0 Å². The fraction of sp³-hybridized carbons (Fsp3) is 0.647. The number of piperidine rings is 1. The van der Waals surface area contributed by atoms with Crippen LogP contribution in [0.1, 0.15) is 45.2 Å². The normalized spacial score (nSPS) is 19.5. The Bertz CT molecular complexity index is 712. The van der Waals surface area contributed by atoms with Crippen LogP contribution in [0.4, 0.5) is 5.82 Å². The molecular formula is C17H26N6O. The highest BCUT2D eigenvalue weighted by Gasteiger charge is 2.28. The van der Waals surface area contributed by atoms with Crippen LogP contribution in [-0.4, -0.2) is 44.6 Å². The van der Waals surface area contributed by atoms with Crippen LogP contribution in [0.25, 0.3) is 5.78 Å². The number of aromatic nitrogens is 4. The zero-order valence-electron chi connectivity index (χ0n) is 14.7. The molecule has 7 heteroatoms. The van der Waals surface area contributed by atoms with Gasteiger partial charge in [0.05, 0.1) is 5.92 Å². The summed E-state index contributed by atoms with van der Waals surface area (Å²) in [5.74, 6) is 1.76. The summed E-state index contributed by atoms with van der Waals surface area (Å²) in [5, 5.41) is 7.43. The van der Waals surface area contributed by atoms with Crippen LogP contribution in [0.5, 0.6) is 0 Å². The van der Waals surface area contributed by atoms with E-state index < -0.39 is 0 Å². The second kappa shape index (κ2) is 7.15. The fourth-order valence-electron chi connectivity index (χ4n) is 3.40. The minimum Gasteiger partial charge on any atom is -0.356 e. The molecule has 1 amide bonds.